The molecular weight excluding hydrogens is 353 g/mol. The fourth-order valence-corrected chi connectivity index (χ4v) is 3.39. The first-order chi connectivity index (χ1) is 9.31. The zero-order valence-electron chi connectivity index (χ0n) is 10.6. The van der Waals surface area contributed by atoms with Gasteiger partial charge in [-0.15, -0.1) is 0 Å². The predicted molar refractivity (Wildman–Crippen MR) is 76.1 cm³/mol. The highest BCUT2D eigenvalue weighted by Crippen LogP contribution is 2.21. The zero-order chi connectivity index (χ0) is 15.3. The standard InChI is InChI=1S/C12H13BrFNO4S/c1-7(16)15-10(12(17)18)6-20(19)5-8-3-2-4-9(14)11(8)13/h2-4,10H,5-6H2,1H3,(H,15,16)(H,17,18)/t10-,20?/m0/s1. The Kier molecular flexibility index (Phi) is 6.28. The molecule has 8 heteroatoms. The van der Waals surface area contributed by atoms with Gasteiger partial charge in [-0.05, 0) is 27.6 Å². The van der Waals surface area contributed by atoms with Crippen LogP contribution in [-0.4, -0.2) is 33.0 Å². The molecule has 0 radical (unpaired) electrons. The Morgan fingerprint density at radius 1 is 1.50 bits per heavy atom. The molecular formula is C12H13BrFNO4S. The summed E-state index contributed by atoms with van der Waals surface area (Å²) >= 11 is 3.05. The molecule has 1 rings (SSSR count). The summed E-state index contributed by atoms with van der Waals surface area (Å²) in [5, 5.41) is 11.1. The van der Waals surface area contributed by atoms with Crippen molar-refractivity contribution in [2.75, 3.05) is 5.75 Å². The monoisotopic (exact) mass is 365 g/mol. The van der Waals surface area contributed by atoms with Crippen LogP contribution in [0.3, 0.4) is 0 Å². The molecule has 0 saturated heterocycles. The van der Waals surface area contributed by atoms with Crippen LogP contribution in [-0.2, 0) is 26.1 Å². The van der Waals surface area contributed by atoms with Crippen molar-refractivity contribution in [3.8, 4) is 0 Å². The van der Waals surface area contributed by atoms with Gasteiger partial charge in [0, 0.05) is 23.5 Å². The van der Waals surface area contributed by atoms with E-state index >= 15 is 0 Å². The molecule has 2 atom stereocenters. The summed E-state index contributed by atoms with van der Waals surface area (Å²) in [5.74, 6) is -2.48. The number of carboxylic acids is 1. The number of carbonyl (C=O) groups excluding carboxylic acids is 1. The van der Waals surface area contributed by atoms with Crippen molar-refractivity contribution in [2.45, 2.75) is 18.7 Å². The Labute approximate surface area is 126 Å². The van der Waals surface area contributed by atoms with Crippen molar-refractivity contribution in [1.82, 2.24) is 5.32 Å². The second-order valence-corrected chi connectivity index (χ2v) is 6.35. The number of carbonyl (C=O) groups is 2. The molecule has 0 heterocycles. The van der Waals surface area contributed by atoms with Gasteiger partial charge in [-0.2, -0.15) is 0 Å². The van der Waals surface area contributed by atoms with Crippen LogP contribution >= 0.6 is 15.9 Å². The van der Waals surface area contributed by atoms with Crippen LogP contribution in [0.25, 0.3) is 0 Å². The molecule has 0 saturated carbocycles. The van der Waals surface area contributed by atoms with Crippen molar-refractivity contribution in [2.24, 2.45) is 0 Å². The lowest BCUT2D eigenvalue weighted by molar-refractivity contribution is -0.140. The summed E-state index contributed by atoms with van der Waals surface area (Å²) in [6.07, 6.45) is 0. The number of rotatable bonds is 6. The van der Waals surface area contributed by atoms with Crippen LogP contribution in [0.4, 0.5) is 4.39 Å². The molecule has 110 valence electrons. The second kappa shape index (κ2) is 7.49. The number of hydrogen-bond donors (Lipinski definition) is 2. The Bertz CT molecular complexity index is 552. The van der Waals surface area contributed by atoms with Gasteiger partial charge in [0.05, 0.1) is 10.2 Å². The van der Waals surface area contributed by atoms with Crippen molar-refractivity contribution >= 4 is 38.6 Å². The summed E-state index contributed by atoms with van der Waals surface area (Å²) in [7, 11) is -1.55. The van der Waals surface area contributed by atoms with E-state index in [1.807, 2.05) is 0 Å². The largest absolute Gasteiger partial charge is 0.480 e. The van der Waals surface area contributed by atoms with Crippen LogP contribution in [0.5, 0.6) is 0 Å². The van der Waals surface area contributed by atoms with E-state index in [1.165, 1.54) is 19.1 Å². The highest BCUT2D eigenvalue weighted by atomic mass is 79.9. The van der Waals surface area contributed by atoms with Gasteiger partial charge < -0.3 is 10.4 Å². The molecule has 0 bridgehead atoms. The minimum Gasteiger partial charge on any atom is -0.480 e. The first kappa shape index (κ1) is 16.8. The number of benzene rings is 1. The lowest BCUT2D eigenvalue weighted by atomic mass is 10.2. The van der Waals surface area contributed by atoms with Gasteiger partial charge >= 0.3 is 5.97 Å². The van der Waals surface area contributed by atoms with E-state index in [-0.39, 0.29) is 16.0 Å². The van der Waals surface area contributed by atoms with Gasteiger partial charge in [0.25, 0.3) is 0 Å². The third kappa shape index (κ3) is 5.01. The third-order valence-electron chi connectivity index (χ3n) is 2.38. The van der Waals surface area contributed by atoms with E-state index in [0.717, 1.165) is 0 Å². The Hall–Kier alpha value is -1.28. The lowest BCUT2D eigenvalue weighted by Crippen LogP contribution is -2.43. The van der Waals surface area contributed by atoms with Gasteiger partial charge in [-0.25, -0.2) is 9.18 Å². The number of hydrogen-bond acceptors (Lipinski definition) is 3. The van der Waals surface area contributed by atoms with E-state index < -0.39 is 34.5 Å². The number of carboxylic acid groups (broad SMARTS) is 1. The van der Waals surface area contributed by atoms with E-state index in [4.69, 9.17) is 5.11 Å². The molecule has 0 aromatic heterocycles. The average Bonchev–Trinajstić information content (AvgIpc) is 2.33. The first-order valence-corrected chi connectivity index (χ1v) is 7.87. The summed E-state index contributed by atoms with van der Waals surface area (Å²) < 4.78 is 25.4. The fourth-order valence-electron chi connectivity index (χ4n) is 1.50. The SMILES string of the molecule is CC(=O)N[C@@H](CS(=O)Cc1cccc(F)c1Br)C(=O)O. The fraction of sp³-hybridized carbons (Fsp3) is 0.333. The summed E-state index contributed by atoms with van der Waals surface area (Å²) in [6.45, 7) is 1.18. The van der Waals surface area contributed by atoms with Gasteiger partial charge in [-0.1, -0.05) is 12.1 Å². The molecule has 0 spiro atoms. The molecule has 2 N–H and O–H groups in total. The van der Waals surface area contributed by atoms with Gasteiger partial charge in [-0.3, -0.25) is 9.00 Å². The molecule has 0 aliphatic heterocycles. The van der Waals surface area contributed by atoms with Gasteiger partial charge in [0.2, 0.25) is 5.91 Å². The smallest absolute Gasteiger partial charge is 0.327 e. The van der Waals surface area contributed by atoms with Crippen LogP contribution in [0.15, 0.2) is 22.7 Å². The summed E-state index contributed by atoms with van der Waals surface area (Å²) in [4.78, 5) is 21.8. The predicted octanol–water partition coefficient (Wildman–Crippen LogP) is 1.43. The van der Waals surface area contributed by atoms with Crippen LogP contribution < -0.4 is 5.32 Å². The number of amides is 1. The topological polar surface area (TPSA) is 83.5 Å². The molecule has 0 aliphatic rings. The number of aliphatic carboxylic acids is 1. The minimum atomic E-state index is -1.55. The molecule has 0 fully saturated rings. The van der Waals surface area contributed by atoms with Crippen LogP contribution in [0.2, 0.25) is 0 Å². The Balaban J connectivity index is 2.73. The molecule has 0 aliphatic carbocycles. The minimum absolute atomic E-state index is 0.00169. The van der Waals surface area contributed by atoms with Gasteiger partial charge in [0.15, 0.2) is 0 Å². The average molecular weight is 366 g/mol. The van der Waals surface area contributed by atoms with Crippen molar-refractivity contribution in [1.29, 1.82) is 0 Å². The normalized spacial score (nSPS) is 13.6. The molecule has 20 heavy (non-hydrogen) atoms. The molecule has 1 aromatic rings. The highest BCUT2D eigenvalue weighted by Gasteiger charge is 2.22. The van der Waals surface area contributed by atoms with Crippen LogP contribution in [0, 0.1) is 5.82 Å². The Morgan fingerprint density at radius 3 is 2.70 bits per heavy atom. The maximum absolute atomic E-state index is 13.3. The van der Waals surface area contributed by atoms with E-state index in [2.05, 4.69) is 21.2 Å². The zero-order valence-corrected chi connectivity index (χ0v) is 13.0. The van der Waals surface area contributed by atoms with Crippen molar-refractivity contribution < 1.29 is 23.3 Å². The van der Waals surface area contributed by atoms with E-state index in [9.17, 15) is 18.2 Å². The Morgan fingerprint density at radius 2 is 2.15 bits per heavy atom. The molecule has 1 aromatic carbocycles. The van der Waals surface area contributed by atoms with E-state index in [0.29, 0.717) is 5.56 Å². The van der Waals surface area contributed by atoms with Crippen LogP contribution in [0.1, 0.15) is 12.5 Å². The van der Waals surface area contributed by atoms with E-state index in [1.54, 1.807) is 6.07 Å². The summed E-state index contributed by atoms with van der Waals surface area (Å²) in [5.41, 5.74) is 0.482. The third-order valence-corrected chi connectivity index (χ3v) is 4.60. The molecule has 1 unspecified atom stereocenters. The molecule has 1 amide bonds. The summed E-state index contributed by atoms with van der Waals surface area (Å²) in [6, 6.07) is 3.11. The molecule has 5 nitrogen and oxygen atoms in total. The van der Waals surface area contributed by atoms with Crippen molar-refractivity contribution in [3.05, 3.63) is 34.1 Å². The maximum atomic E-state index is 13.3. The number of nitrogens with one attached hydrogen (secondary N) is 1. The highest BCUT2D eigenvalue weighted by molar-refractivity contribution is 9.10. The maximum Gasteiger partial charge on any atom is 0.327 e. The van der Waals surface area contributed by atoms with Crippen molar-refractivity contribution in [3.63, 3.8) is 0 Å². The first-order valence-electron chi connectivity index (χ1n) is 5.59. The lowest BCUT2D eigenvalue weighted by Gasteiger charge is -2.13. The quantitative estimate of drug-likeness (QED) is 0.798. The number of halogens is 2. The second-order valence-electron chi connectivity index (χ2n) is 4.06. The van der Waals surface area contributed by atoms with Gasteiger partial charge in [0.1, 0.15) is 11.9 Å².